The topological polar surface area (TPSA) is 76.0 Å². The number of imidazole rings is 1. The number of amides is 2. The molecule has 1 unspecified atom stereocenters. The van der Waals surface area contributed by atoms with E-state index in [0.717, 1.165) is 30.8 Å². The van der Waals surface area contributed by atoms with Gasteiger partial charge in [0.15, 0.2) is 0 Å². The molecule has 4 rings (SSSR count). The number of hydrogen-bond acceptors (Lipinski definition) is 3. The minimum atomic E-state index is -0.805. The molecule has 6 nitrogen and oxygen atoms in total. The van der Waals surface area contributed by atoms with E-state index in [2.05, 4.69) is 20.2 Å². The number of nitrogens with one attached hydrogen (secondary N) is 2. The molecule has 2 aromatic carbocycles. The van der Waals surface area contributed by atoms with Gasteiger partial charge in [-0.3, -0.25) is 9.59 Å². The van der Waals surface area contributed by atoms with Crippen LogP contribution >= 0.6 is 0 Å². The second-order valence-corrected chi connectivity index (χ2v) is 8.42. The fourth-order valence-electron chi connectivity index (χ4n) is 3.99. The summed E-state index contributed by atoms with van der Waals surface area (Å²) in [5.41, 5.74) is 2.78. The van der Waals surface area contributed by atoms with E-state index in [-0.39, 0.29) is 17.4 Å². The summed E-state index contributed by atoms with van der Waals surface area (Å²) < 4.78 is 16.2. The Bertz CT molecular complexity index is 1120. The van der Waals surface area contributed by atoms with Crippen LogP contribution in [0.5, 0.6) is 0 Å². The Balaban J connectivity index is 1.45. The van der Waals surface area contributed by atoms with E-state index in [1.807, 2.05) is 44.3 Å². The van der Waals surface area contributed by atoms with E-state index in [9.17, 15) is 14.0 Å². The van der Waals surface area contributed by atoms with E-state index in [1.54, 1.807) is 6.07 Å². The Kier molecular flexibility index (Phi) is 6.35. The number of carbonyl (C=O) groups excluding carboxylic acids is 2. The first-order valence-electron chi connectivity index (χ1n) is 10.9. The molecule has 1 aromatic heterocycles. The van der Waals surface area contributed by atoms with Crippen LogP contribution in [-0.2, 0) is 17.8 Å². The highest BCUT2D eigenvalue weighted by Gasteiger charge is 2.26. The lowest BCUT2D eigenvalue weighted by Gasteiger charge is -2.22. The fraction of sp³-hybridized carbons (Fsp3) is 0.320. The molecule has 2 heterocycles. The summed E-state index contributed by atoms with van der Waals surface area (Å²) in [6.07, 6.45) is 5.34. The first-order valence-corrected chi connectivity index (χ1v) is 10.9. The van der Waals surface area contributed by atoms with Crippen molar-refractivity contribution in [2.24, 2.45) is 5.92 Å². The predicted octanol–water partition coefficient (Wildman–Crippen LogP) is 4.42. The van der Waals surface area contributed by atoms with Crippen LogP contribution in [0.4, 0.5) is 10.1 Å². The van der Waals surface area contributed by atoms with Crippen molar-refractivity contribution in [2.75, 3.05) is 5.32 Å². The van der Waals surface area contributed by atoms with Crippen LogP contribution in [-0.4, -0.2) is 27.4 Å². The van der Waals surface area contributed by atoms with E-state index in [1.165, 1.54) is 30.3 Å². The van der Waals surface area contributed by atoms with Gasteiger partial charge in [-0.1, -0.05) is 26.0 Å². The van der Waals surface area contributed by atoms with E-state index >= 15 is 0 Å². The molecule has 0 saturated heterocycles. The SMILES string of the molecule is CC(C)C(NC(=O)c1ccccc1F)C(=O)Nc1ccc(-c2ncc3n2CCCC3)cc1. The average Bonchev–Trinajstić information content (AvgIpc) is 3.22. The highest BCUT2D eigenvalue weighted by Crippen LogP contribution is 2.25. The maximum atomic E-state index is 13.9. The number of rotatable bonds is 6. The third-order valence-electron chi connectivity index (χ3n) is 5.77. The third kappa shape index (κ3) is 4.56. The van der Waals surface area contributed by atoms with Crippen molar-refractivity contribution in [3.8, 4) is 11.4 Å². The normalized spacial score (nSPS) is 14.0. The molecule has 0 saturated carbocycles. The molecule has 0 aliphatic carbocycles. The van der Waals surface area contributed by atoms with Crippen LogP contribution in [0, 0.1) is 11.7 Å². The van der Waals surface area contributed by atoms with Gasteiger partial charge in [0, 0.05) is 29.7 Å². The van der Waals surface area contributed by atoms with Gasteiger partial charge in [-0.2, -0.15) is 0 Å². The van der Waals surface area contributed by atoms with Gasteiger partial charge in [-0.05, 0) is 61.6 Å². The van der Waals surface area contributed by atoms with Gasteiger partial charge in [0.1, 0.15) is 17.7 Å². The number of fused-ring (bicyclic) bond motifs is 1. The Morgan fingerprint density at radius 2 is 1.81 bits per heavy atom. The Hall–Kier alpha value is -3.48. The number of halogens is 1. The molecule has 3 aromatic rings. The molecule has 2 N–H and O–H groups in total. The Labute approximate surface area is 186 Å². The minimum absolute atomic E-state index is 0.0849. The van der Waals surface area contributed by atoms with Crippen LogP contribution in [0.25, 0.3) is 11.4 Å². The lowest BCUT2D eigenvalue weighted by atomic mass is 10.0. The number of hydrogen-bond donors (Lipinski definition) is 2. The third-order valence-corrected chi connectivity index (χ3v) is 5.77. The summed E-state index contributed by atoms with van der Waals surface area (Å²) in [5.74, 6) is -0.826. The van der Waals surface area contributed by atoms with Gasteiger partial charge < -0.3 is 15.2 Å². The molecule has 1 atom stereocenters. The van der Waals surface area contributed by atoms with E-state index in [0.29, 0.717) is 5.69 Å². The number of carbonyl (C=O) groups is 2. The van der Waals surface area contributed by atoms with E-state index in [4.69, 9.17) is 0 Å². The van der Waals surface area contributed by atoms with Crippen molar-refractivity contribution in [2.45, 2.75) is 45.7 Å². The highest BCUT2D eigenvalue weighted by atomic mass is 19.1. The predicted molar refractivity (Wildman–Crippen MR) is 122 cm³/mol. The molecule has 1 aliphatic rings. The largest absolute Gasteiger partial charge is 0.340 e. The molecular formula is C25H27FN4O2. The number of aryl methyl sites for hydroxylation is 1. The minimum Gasteiger partial charge on any atom is -0.340 e. The van der Waals surface area contributed by atoms with Crippen molar-refractivity contribution in [3.63, 3.8) is 0 Å². The zero-order valence-corrected chi connectivity index (χ0v) is 18.3. The quantitative estimate of drug-likeness (QED) is 0.603. The summed E-state index contributed by atoms with van der Waals surface area (Å²) in [4.78, 5) is 29.9. The van der Waals surface area contributed by atoms with Crippen molar-refractivity contribution in [1.82, 2.24) is 14.9 Å². The number of nitrogens with zero attached hydrogens (tertiary/aromatic N) is 2. The van der Waals surface area contributed by atoms with Gasteiger partial charge in [0.05, 0.1) is 5.56 Å². The summed E-state index contributed by atoms with van der Waals surface area (Å²) in [7, 11) is 0. The molecule has 0 bridgehead atoms. The molecular weight excluding hydrogens is 407 g/mol. The zero-order valence-electron chi connectivity index (χ0n) is 18.3. The van der Waals surface area contributed by atoms with Crippen molar-refractivity contribution in [1.29, 1.82) is 0 Å². The zero-order chi connectivity index (χ0) is 22.7. The lowest BCUT2D eigenvalue weighted by Crippen LogP contribution is -2.47. The Morgan fingerprint density at radius 3 is 2.53 bits per heavy atom. The van der Waals surface area contributed by atoms with Crippen LogP contribution < -0.4 is 10.6 Å². The molecule has 2 amide bonds. The first kappa shape index (κ1) is 21.7. The maximum absolute atomic E-state index is 13.9. The standard InChI is InChI=1S/C25H27FN4O2/c1-16(2)22(29-24(31)20-8-3-4-9-21(20)26)25(32)28-18-12-10-17(11-13-18)23-27-15-19-7-5-6-14-30(19)23/h3-4,8-13,15-16,22H,5-7,14H2,1-2H3,(H,28,32)(H,29,31). The Morgan fingerprint density at radius 1 is 1.06 bits per heavy atom. The molecule has 166 valence electrons. The number of benzene rings is 2. The van der Waals surface area contributed by atoms with Gasteiger partial charge in [-0.25, -0.2) is 9.37 Å². The smallest absolute Gasteiger partial charge is 0.254 e. The second kappa shape index (κ2) is 9.34. The first-order chi connectivity index (χ1) is 15.4. The monoisotopic (exact) mass is 434 g/mol. The fourth-order valence-corrected chi connectivity index (χ4v) is 3.99. The molecule has 0 spiro atoms. The van der Waals surface area contributed by atoms with Gasteiger partial charge in [-0.15, -0.1) is 0 Å². The number of aromatic nitrogens is 2. The average molecular weight is 435 g/mol. The van der Waals surface area contributed by atoms with Crippen molar-refractivity contribution in [3.05, 3.63) is 71.8 Å². The summed E-state index contributed by atoms with van der Waals surface area (Å²) in [6, 6.07) is 12.4. The lowest BCUT2D eigenvalue weighted by molar-refractivity contribution is -0.118. The maximum Gasteiger partial charge on any atom is 0.254 e. The van der Waals surface area contributed by atoms with Gasteiger partial charge >= 0.3 is 0 Å². The molecule has 32 heavy (non-hydrogen) atoms. The molecule has 1 aliphatic heterocycles. The van der Waals surface area contributed by atoms with Gasteiger partial charge in [0.25, 0.3) is 5.91 Å². The summed E-state index contributed by atoms with van der Waals surface area (Å²) in [6.45, 7) is 4.63. The highest BCUT2D eigenvalue weighted by molar-refractivity contribution is 6.01. The van der Waals surface area contributed by atoms with E-state index < -0.39 is 17.8 Å². The molecule has 0 radical (unpaired) electrons. The summed E-state index contributed by atoms with van der Waals surface area (Å²) >= 11 is 0. The van der Waals surface area contributed by atoms with Crippen molar-refractivity contribution < 1.29 is 14.0 Å². The second-order valence-electron chi connectivity index (χ2n) is 8.42. The molecule has 7 heteroatoms. The van der Waals surface area contributed by atoms with Crippen LogP contribution in [0.3, 0.4) is 0 Å². The van der Waals surface area contributed by atoms with Crippen LogP contribution in [0.2, 0.25) is 0 Å². The van der Waals surface area contributed by atoms with Crippen LogP contribution in [0.1, 0.15) is 42.7 Å². The summed E-state index contributed by atoms with van der Waals surface area (Å²) in [5, 5.41) is 5.51. The number of anilines is 1. The van der Waals surface area contributed by atoms with Gasteiger partial charge in [0.2, 0.25) is 5.91 Å². The molecule has 0 fully saturated rings. The van der Waals surface area contributed by atoms with Crippen LogP contribution in [0.15, 0.2) is 54.7 Å². The van der Waals surface area contributed by atoms with Crippen molar-refractivity contribution >= 4 is 17.5 Å².